The second-order valence-electron chi connectivity index (χ2n) is 3.52. The van der Waals surface area contributed by atoms with Crippen LogP contribution in [-0.2, 0) is 0 Å². The number of aliphatic hydroxyl groups is 1. The molecule has 0 aliphatic rings. The summed E-state index contributed by atoms with van der Waals surface area (Å²) in [6.45, 7) is 0.913. The minimum Gasteiger partial charge on any atom is -1.00 e. The van der Waals surface area contributed by atoms with Crippen molar-refractivity contribution in [2.75, 3.05) is 20.6 Å². The Bertz CT molecular complexity index is 238. The Morgan fingerprint density at radius 1 is 1.21 bits per heavy atom. The summed E-state index contributed by atoms with van der Waals surface area (Å²) in [5.74, 6) is 0. The number of hydrogen-bond acceptors (Lipinski definition) is 2. The van der Waals surface area contributed by atoms with E-state index in [4.69, 9.17) is 0 Å². The van der Waals surface area contributed by atoms with Crippen LogP contribution in [0.5, 0.6) is 0 Å². The van der Waals surface area contributed by atoms with E-state index in [1.54, 1.807) is 0 Å². The van der Waals surface area contributed by atoms with Crippen LogP contribution in [0.1, 0.15) is 18.1 Å². The highest BCUT2D eigenvalue weighted by atomic mass is 35.5. The quantitative estimate of drug-likeness (QED) is 0.672. The topological polar surface area (TPSA) is 23.5 Å². The predicted molar refractivity (Wildman–Crippen MR) is 54.6 cm³/mol. The highest BCUT2D eigenvalue weighted by Crippen LogP contribution is 2.15. The molecule has 0 aliphatic carbocycles. The highest BCUT2D eigenvalue weighted by Gasteiger charge is 2.06. The van der Waals surface area contributed by atoms with Crippen molar-refractivity contribution in [1.82, 2.24) is 4.90 Å². The molecule has 0 fully saturated rings. The largest absolute Gasteiger partial charge is 1.00 e. The minimum atomic E-state index is -0.330. The molecule has 1 unspecified atom stereocenters. The van der Waals surface area contributed by atoms with Crippen LogP contribution in [0, 0.1) is 0 Å². The fourth-order valence-corrected chi connectivity index (χ4v) is 1.22. The maximum absolute atomic E-state index is 9.74. The second-order valence-corrected chi connectivity index (χ2v) is 3.52. The van der Waals surface area contributed by atoms with Crippen molar-refractivity contribution in [1.29, 1.82) is 0 Å². The van der Waals surface area contributed by atoms with Gasteiger partial charge in [0.2, 0.25) is 0 Å². The molecule has 0 saturated heterocycles. The molecule has 0 spiro atoms. The van der Waals surface area contributed by atoms with Crippen molar-refractivity contribution in [2.24, 2.45) is 0 Å². The Labute approximate surface area is 92.0 Å². The van der Waals surface area contributed by atoms with E-state index in [-0.39, 0.29) is 18.5 Å². The van der Waals surface area contributed by atoms with Crippen LogP contribution < -0.4 is 12.4 Å². The number of aliphatic hydroxyl groups excluding tert-OH is 1. The molecule has 0 aromatic heterocycles. The number of hydrogen-bond donors (Lipinski definition) is 1. The van der Waals surface area contributed by atoms with E-state index in [1.165, 1.54) is 0 Å². The molecule has 1 atom stereocenters. The van der Waals surface area contributed by atoms with E-state index in [0.29, 0.717) is 0 Å². The maximum Gasteiger partial charge on any atom is 0.0802 e. The van der Waals surface area contributed by atoms with Gasteiger partial charge >= 0.3 is 0 Å². The third-order valence-electron chi connectivity index (χ3n) is 2.03. The molecule has 1 aromatic carbocycles. The van der Waals surface area contributed by atoms with Crippen molar-refractivity contribution >= 4 is 0 Å². The first-order chi connectivity index (χ1) is 6.20. The van der Waals surface area contributed by atoms with Crippen LogP contribution in [-0.4, -0.2) is 30.6 Å². The van der Waals surface area contributed by atoms with Gasteiger partial charge in [-0.2, -0.15) is 0 Å². The summed E-state index contributed by atoms with van der Waals surface area (Å²) in [6.07, 6.45) is 0.459. The summed E-state index contributed by atoms with van der Waals surface area (Å²) in [7, 11) is 4.02. The molecule has 0 heterocycles. The van der Waals surface area contributed by atoms with Crippen molar-refractivity contribution in [3.63, 3.8) is 0 Å². The van der Waals surface area contributed by atoms with Gasteiger partial charge in [0.1, 0.15) is 0 Å². The van der Waals surface area contributed by atoms with Gasteiger partial charge in [0.15, 0.2) is 0 Å². The average molecular weight is 215 g/mol. The lowest BCUT2D eigenvalue weighted by atomic mass is 10.1. The van der Waals surface area contributed by atoms with Gasteiger partial charge in [0.05, 0.1) is 6.10 Å². The highest BCUT2D eigenvalue weighted by molar-refractivity contribution is 5.17. The zero-order valence-corrected chi connectivity index (χ0v) is 9.41. The summed E-state index contributed by atoms with van der Waals surface area (Å²) < 4.78 is 0. The summed E-state index contributed by atoms with van der Waals surface area (Å²) in [5, 5.41) is 9.74. The summed E-state index contributed by atoms with van der Waals surface area (Å²) in [5.41, 5.74) is 1.00. The fourth-order valence-electron chi connectivity index (χ4n) is 1.22. The Kier molecular flexibility index (Phi) is 6.54. The van der Waals surface area contributed by atoms with Gasteiger partial charge in [0, 0.05) is 6.54 Å². The lowest BCUT2D eigenvalue weighted by molar-refractivity contribution is -0.00000460. The Balaban J connectivity index is 0.00000169. The Morgan fingerprint density at radius 3 is 2.29 bits per heavy atom. The number of nitrogens with zero attached hydrogens (tertiary/aromatic N) is 1. The molecule has 1 aromatic rings. The van der Waals surface area contributed by atoms with Gasteiger partial charge < -0.3 is 22.4 Å². The van der Waals surface area contributed by atoms with E-state index in [2.05, 4.69) is 4.90 Å². The molecule has 0 amide bonds. The van der Waals surface area contributed by atoms with Crippen LogP contribution in [0.2, 0.25) is 0 Å². The standard InChI is InChI=1S/C11H17NO.ClH/c1-12(2)9-8-11(13)10-6-4-3-5-7-10;/h3-7,11,13H,8-9H2,1-2H3;1H/p-1. The van der Waals surface area contributed by atoms with E-state index < -0.39 is 0 Å². The second kappa shape index (κ2) is 6.82. The molecule has 2 nitrogen and oxygen atoms in total. The fraction of sp³-hybridized carbons (Fsp3) is 0.455. The van der Waals surface area contributed by atoms with Gasteiger partial charge in [-0.3, -0.25) is 0 Å². The van der Waals surface area contributed by atoms with Crippen molar-refractivity contribution < 1.29 is 17.5 Å². The molecule has 0 bridgehead atoms. The molecular formula is C11H17ClNO-. The number of halogens is 1. The third-order valence-corrected chi connectivity index (χ3v) is 2.03. The normalized spacial score (nSPS) is 12.3. The average Bonchev–Trinajstić information content (AvgIpc) is 2.15. The summed E-state index contributed by atoms with van der Waals surface area (Å²) in [4.78, 5) is 2.08. The molecule has 1 rings (SSSR count). The Hall–Kier alpha value is -0.570. The van der Waals surface area contributed by atoms with E-state index in [9.17, 15) is 5.11 Å². The van der Waals surface area contributed by atoms with Crippen LogP contribution in [0.3, 0.4) is 0 Å². The van der Waals surface area contributed by atoms with E-state index in [1.807, 2.05) is 44.4 Å². The molecule has 80 valence electrons. The lowest BCUT2D eigenvalue weighted by Crippen LogP contribution is -3.00. The van der Waals surface area contributed by atoms with Crippen molar-refractivity contribution in [3.05, 3.63) is 35.9 Å². The first kappa shape index (κ1) is 13.4. The van der Waals surface area contributed by atoms with E-state index >= 15 is 0 Å². The number of rotatable bonds is 4. The summed E-state index contributed by atoms with van der Waals surface area (Å²) in [6, 6.07) is 9.78. The molecule has 1 N–H and O–H groups in total. The molecule has 0 radical (unpaired) electrons. The first-order valence-electron chi connectivity index (χ1n) is 4.58. The molecule has 0 saturated carbocycles. The van der Waals surface area contributed by atoms with Crippen LogP contribution >= 0.6 is 0 Å². The van der Waals surface area contributed by atoms with Crippen molar-refractivity contribution in [3.8, 4) is 0 Å². The smallest absolute Gasteiger partial charge is 0.0802 e. The lowest BCUT2D eigenvalue weighted by Gasteiger charge is -2.14. The van der Waals surface area contributed by atoms with Gasteiger partial charge in [-0.15, -0.1) is 0 Å². The van der Waals surface area contributed by atoms with Crippen molar-refractivity contribution in [2.45, 2.75) is 12.5 Å². The zero-order valence-electron chi connectivity index (χ0n) is 8.65. The number of benzene rings is 1. The Morgan fingerprint density at radius 2 is 1.79 bits per heavy atom. The monoisotopic (exact) mass is 214 g/mol. The van der Waals surface area contributed by atoms with E-state index in [0.717, 1.165) is 18.5 Å². The molecule has 0 aliphatic heterocycles. The zero-order chi connectivity index (χ0) is 9.68. The minimum absolute atomic E-state index is 0. The van der Waals surface area contributed by atoms with Gasteiger partial charge in [0.25, 0.3) is 0 Å². The SMILES string of the molecule is CN(C)CCC(O)c1ccccc1.[Cl-]. The molecular weight excluding hydrogens is 198 g/mol. The van der Waals surface area contributed by atoms with Gasteiger partial charge in [-0.25, -0.2) is 0 Å². The van der Waals surface area contributed by atoms with Gasteiger partial charge in [-0.1, -0.05) is 30.3 Å². The molecule has 3 heteroatoms. The molecule has 14 heavy (non-hydrogen) atoms. The first-order valence-corrected chi connectivity index (χ1v) is 4.58. The van der Waals surface area contributed by atoms with Gasteiger partial charge in [-0.05, 0) is 26.1 Å². The van der Waals surface area contributed by atoms with Crippen LogP contribution in [0.25, 0.3) is 0 Å². The third kappa shape index (κ3) is 4.61. The van der Waals surface area contributed by atoms with Crippen LogP contribution in [0.4, 0.5) is 0 Å². The van der Waals surface area contributed by atoms with Crippen LogP contribution in [0.15, 0.2) is 30.3 Å². The predicted octanol–water partition coefficient (Wildman–Crippen LogP) is -1.32. The summed E-state index contributed by atoms with van der Waals surface area (Å²) >= 11 is 0. The maximum atomic E-state index is 9.74.